The number of rotatable bonds is 3. The van der Waals surface area contributed by atoms with Crippen molar-refractivity contribution in [1.29, 1.82) is 0 Å². The number of ether oxygens (including phenoxy) is 2. The van der Waals surface area contributed by atoms with Crippen LogP contribution in [0.4, 0.5) is 0 Å². The second kappa shape index (κ2) is 5.08. The molecule has 0 bridgehead atoms. The molecule has 1 amide bonds. The normalized spacial score (nSPS) is 15.2. The number of amides is 1. The van der Waals surface area contributed by atoms with E-state index >= 15 is 0 Å². The van der Waals surface area contributed by atoms with Crippen LogP contribution >= 0.6 is 0 Å². The third-order valence-corrected chi connectivity index (χ3v) is 2.76. The van der Waals surface area contributed by atoms with Gasteiger partial charge in [0.1, 0.15) is 13.2 Å². The van der Waals surface area contributed by atoms with Crippen molar-refractivity contribution in [3.05, 3.63) is 23.8 Å². The van der Waals surface area contributed by atoms with E-state index in [2.05, 4.69) is 5.32 Å². The van der Waals surface area contributed by atoms with Crippen LogP contribution in [0.2, 0.25) is 0 Å². The molecule has 1 aliphatic heterocycles. The van der Waals surface area contributed by atoms with Crippen molar-refractivity contribution in [2.75, 3.05) is 13.2 Å². The van der Waals surface area contributed by atoms with Gasteiger partial charge in [-0.2, -0.15) is 0 Å². The van der Waals surface area contributed by atoms with Crippen LogP contribution in [-0.2, 0) is 4.79 Å². The van der Waals surface area contributed by atoms with Crippen LogP contribution in [0.15, 0.2) is 18.2 Å². The Hall–Kier alpha value is -1.71. The maximum Gasteiger partial charge on any atom is 0.220 e. The van der Waals surface area contributed by atoms with Crippen LogP contribution in [0.3, 0.4) is 0 Å². The van der Waals surface area contributed by atoms with Crippen LogP contribution < -0.4 is 14.8 Å². The fourth-order valence-corrected chi connectivity index (χ4v) is 1.76. The van der Waals surface area contributed by atoms with Crippen LogP contribution in [0.25, 0.3) is 0 Å². The first-order valence-corrected chi connectivity index (χ1v) is 5.89. The van der Waals surface area contributed by atoms with E-state index in [1.54, 1.807) is 0 Å². The predicted octanol–water partition coefficient (Wildman–Crippen LogP) is 2.04. The summed E-state index contributed by atoms with van der Waals surface area (Å²) < 4.78 is 11.0. The standard InChI is InChI=1S/C13H17NO3/c1-3-13(15)14-9(2)10-4-5-11-12(8-10)17-7-6-16-11/h4-5,8-9H,3,6-7H2,1-2H3,(H,14,15)/t9-/m0/s1. The van der Waals surface area contributed by atoms with E-state index < -0.39 is 0 Å². The Morgan fingerprint density at radius 1 is 1.35 bits per heavy atom. The number of carbonyl (C=O) groups is 1. The first-order valence-electron chi connectivity index (χ1n) is 5.89. The van der Waals surface area contributed by atoms with Crippen molar-refractivity contribution < 1.29 is 14.3 Å². The maximum atomic E-state index is 11.3. The molecule has 2 rings (SSSR count). The van der Waals surface area contributed by atoms with Crippen LogP contribution in [0.5, 0.6) is 11.5 Å². The SMILES string of the molecule is CCC(=O)N[C@@H](C)c1ccc2c(c1)OCCO2. The fourth-order valence-electron chi connectivity index (χ4n) is 1.76. The minimum atomic E-state index is -0.0155. The van der Waals surface area contributed by atoms with Crippen LogP contribution in [-0.4, -0.2) is 19.1 Å². The molecule has 92 valence electrons. The molecule has 1 atom stereocenters. The molecule has 0 saturated heterocycles. The topological polar surface area (TPSA) is 47.6 Å². The van der Waals surface area contributed by atoms with Gasteiger partial charge in [0.25, 0.3) is 0 Å². The number of hydrogen-bond donors (Lipinski definition) is 1. The van der Waals surface area contributed by atoms with E-state index in [9.17, 15) is 4.79 Å². The minimum Gasteiger partial charge on any atom is -0.486 e. The molecule has 1 N–H and O–H groups in total. The molecule has 1 aliphatic rings. The number of benzene rings is 1. The highest BCUT2D eigenvalue weighted by Gasteiger charge is 2.15. The molecule has 1 heterocycles. The van der Waals surface area contributed by atoms with E-state index in [1.165, 1.54) is 0 Å². The molecular formula is C13H17NO3. The summed E-state index contributed by atoms with van der Waals surface area (Å²) in [6.45, 7) is 4.96. The minimum absolute atomic E-state index is 0.0155. The second-order valence-electron chi connectivity index (χ2n) is 4.05. The van der Waals surface area contributed by atoms with Gasteiger partial charge in [-0.3, -0.25) is 4.79 Å². The average molecular weight is 235 g/mol. The summed E-state index contributed by atoms with van der Waals surface area (Å²) in [5.41, 5.74) is 1.02. The summed E-state index contributed by atoms with van der Waals surface area (Å²) in [4.78, 5) is 11.3. The first-order chi connectivity index (χ1) is 8.20. The Labute approximate surface area is 101 Å². The molecule has 0 aliphatic carbocycles. The molecule has 0 unspecified atom stereocenters. The second-order valence-corrected chi connectivity index (χ2v) is 4.05. The van der Waals surface area contributed by atoms with Gasteiger partial charge >= 0.3 is 0 Å². The molecule has 0 spiro atoms. The Morgan fingerprint density at radius 2 is 2.06 bits per heavy atom. The monoisotopic (exact) mass is 235 g/mol. The van der Waals surface area contributed by atoms with Gasteiger partial charge < -0.3 is 14.8 Å². The van der Waals surface area contributed by atoms with E-state index in [0.717, 1.165) is 17.1 Å². The number of nitrogens with one attached hydrogen (secondary N) is 1. The Kier molecular flexibility index (Phi) is 3.52. The lowest BCUT2D eigenvalue weighted by molar-refractivity contribution is -0.121. The van der Waals surface area contributed by atoms with E-state index in [4.69, 9.17) is 9.47 Å². The molecule has 1 aromatic carbocycles. The summed E-state index contributed by atoms with van der Waals surface area (Å²) >= 11 is 0. The molecule has 4 nitrogen and oxygen atoms in total. The molecule has 0 radical (unpaired) electrons. The molecule has 17 heavy (non-hydrogen) atoms. The molecule has 1 aromatic rings. The lowest BCUT2D eigenvalue weighted by Crippen LogP contribution is -2.25. The zero-order valence-corrected chi connectivity index (χ0v) is 10.2. The molecule has 4 heteroatoms. The zero-order chi connectivity index (χ0) is 12.3. The van der Waals surface area contributed by atoms with Crippen molar-refractivity contribution in [1.82, 2.24) is 5.32 Å². The van der Waals surface area contributed by atoms with Crippen LogP contribution in [0.1, 0.15) is 31.9 Å². The summed E-state index contributed by atoms with van der Waals surface area (Å²) in [6, 6.07) is 5.75. The van der Waals surface area contributed by atoms with Crippen LogP contribution in [0, 0.1) is 0 Å². The van der Waals surface area contributed by atoms with Crippen molar-refractivity contribution in [3.8, 4) is 11.5 Å². The van der Waals surface area contributed by atoms with Gasteiger partial charge in [0.05, 0.1) is 6.04 Å². The highest BCUT2D eigenvalue weighted by molar-refractivity contribution is 5.76. The van der Waals surface area contributed by atoms with Gasteiger partial charge in [-0.15, -0.1) is 0 Å². The largest absolute Gasteiger partial charge is 0.486 e. The third kappa shape index (κ3) is 2.70. The highest BCUT2D eigenvalue weighted by atomic mass is 16.6. The summed E-state index contributed by atoms with van der Waals surface area (Å²) in [7, 11) is 0. The first kappa shape index (κ1) is 11.8. The fraction of sp³-hybridized carbons (Fsp3) is 0.462. The average Bonchev–Trinajstić information content (AvgIpc) is 2.38. The van der Waals surface area contributed by atoms with Gasteiger partial charge in [-0.1, -0.05) is 13.0 Å². The van der Waals surface area contributed by atoms with Gasteiger partial charge in [0.15, 0.2) is 11.5 Å². The lowest BCUT2D eigenvalue weighted by atomic mass is 10.1. The third-order valence-electron chi connectivity index (χ3n) is 2.76. The summed E-state index contributed by atoms with van der Waals surface area (Å²) in [5, 5.41) is 2.92. The quantitative estimate of drug-likeness (QED) is 0.872. The number of carbonyl (C=O) groups excluding carboxylic acids is 1. The number of fused-ring (bicyclic) bond motifs is 1. The predicted molar refractivity (Wildman–Crippen MR) is 64.3 cm³/mol. The smallest absolute Gasteiger partial charge is 0.220 e. The van der Waals surface area contributed by atoms with E-state index in [-0.39, 0.29) is 11.9 Å². The maximum absolute atomic E-state index is 11.3. The molecule has 0 saturated carbocycles. The van der Waals surface area contributed by atoms with Crippen molar-refractivity contribution in [3.63, 3.8) is 0 Å². The van der Waals surface area contributed by atoms with Crippen molar-refractivity contribution in [2.45, 2.75) is 26.3 Å². The Bertz CT molecular complexity index is 417. The van der Waals surface area contributed by atoms with E-state index in [0.29, 0.717) is 19.6 Å². The molecular weight excluding hydrogens is 218 g/mol. The van der Waals surface area contributed by atoms with Crippen molar-refractivity contribution in [2.24, 2.45) is 0 Å². The molecule has 0 fully saturated rings. The lowest BCUT2D eigenvalue weighted by Gasteiger charge is -2.21. The van der Waals surface area contributed by atoms with E-state index in [1.807, 2.05) is 32.0 Å². The number of hydrogen-bond acceptors (Lipinski definition) is 3. The highest BCUT2D eigenvalue weighted by Crippen LogP contribution is 2.32. The summed E-state index contributed by atoms with van der Waals surface area (Å²) in [6.07, 6.45) is 0.495. The molecule has 0 aromatic heterocycles. The Balaban J connectivity index is 2.13. The van der Waals surface area contributed by atoms with Gasteiger partial charge in [0.2, 0.25) is 5.91 Å². The van der Waals surface area contributed by atoms with Gasteiger partial charge in [0, 0.05) is 6.42 Å². The van der Waals surface area contributed by atoms with Gasteiger partial charge in [-0.05, 0) is 24.6 Å². The van der Waals surface area contributed by atoms with Crippen molar-refractivity contribution >= 4 is 5.91 Å². The zero-order valence-electron chi connectivity index (χ0n) is 10.2. The summed E-state index contributed by atoms with van der Waals surface area (Å²) in [5.74, 6) is 1.58. The van der Waals surface area contributed by atoms with Gasteiger partial charge in [-0.25, -0.2) is 0 Å². The Morgan fingerprint density at radius 3 is 2.76 bits per heavy atom.